The minimum absolute atomic E-state index is 0.0748. The van der Waals surface area contributed by atoms with Crippen LogP contribution in [-0.2, 0) is 6.18 Å². The van der Waals surface area contributed by atoms with Gasteiger partial charge in [-0.15, -0.1) is 0 Å². The Kier molecular flexibility index (Phi) is 3.28. The van der Waals surface area contributed by atoms with Crippen molar-refractivity contribution >= 4 is 17.3 Å². The van der Waals surface area contributed by atoms with E-state index >= 15 is 0 Å². The fourth-order valence-corrected chi connectivity index (χ4v) is 1.74. The number of anilines is 1. The zero-order valence-corrected chi connectivity index (χ0v) is 10.0. The number of nitrogens with one attached hydrogen (secondary N) is 1. The first-order chi connectivity index (χ1) is 9.20. The first-order valence-corrected chi connectivity index (χ1v) is 5.66. The van der Waals surface area contributed by atoms with E-state index < -0.39 is 33.8 Å². The van der Waals surface area contributed by atoms with Crippen molar-refractivity contribution in [3.63, 3.8) is 0 Å². The van der Waals surface area contributed by atoms with Crippen molar-refractivity contribution in [3.8, 4) is 0 Å². The van der Waals surface area contributed by atoms with Crippen LogP contribution in [0.25, 0.3) is 0 Å². The smallest absolute Gasteiger partial charge is 0.377 e. The number of rotatable bonds is 4. The molecule has 108 valence electrons. The van der Waals surface area contributed by atoms with Gasteiger partial charge in [0.1, 0.15) is 5.69 Å². The number of carbonyl (C=O) groups is 1. The fraction of sp³-hybridized carbons (Fsp3) is 0.364. The lowest BCUT2D eigenvalue weighted by Crippen LogP contribution is -2.20. The van der Waals surface area contributed by atoms with Crippen molar-refractivity contribution in [1.29, 1.82) is 0 Å². The lowest BCUT2D eigenvalue weighted by Gasteiger charge is -2.14. The van der Waals surface area contributed by atoms with Gasteiger partial charge in [-0.1, -0.05) is 0 Å². The molecule has 3 N–H and O–H groups in total. The number of nitrogens with two attached hydrogens (primary N) is 1. The summed E-state index contributed by atoms with van der Waals surface area (Å²) in [5.41, 5.74) is 1.82. The van der Waals surface area contributed by atoms with Gasteiger partial charge in [0.05, 0.1) is 16.1 Å². The van der Waals surface area contributed by atoms with Crippen molar-refractivity contribution < 1.29 is 22.9 Å². The Labute approximate surface area is 110 Å². The summed E-state index contributed by atoms with van der Waals surface area (Å²) in [4.78, 5) is 21.1. The van der Waals surface area contributed by atoms with Gasteiger partial charge in [-0.05, 0) is 18.9 Å². The molecule has 0 aromatic heterocycles. The van der Waals surface area contributed by atoms with Crippen LogP contribution < -0.4 is 11.1 Å². The molecule has 9 heteroatoms. The van der Waals surface area contributed by atoms with Gasteiger partial charge < -0.3 is 11.1 Å². The number of nitro groups is 1. The Balaban J connectivity index is 2.60. The van der Waals surface area contributed by atoms with E-state index in [9.17, 15) is 28.1 Å². The van der Waals surface area contributed by atoms with E-state index in [1.54, 1.807) is 0 Å². The Morgan fingerprint density at radius 2 is 2.00 bits per heavy atom. The molecule has 20 heavy (non-hydrogen) atoms. The second-order valence-corrected chi connectivity index (χ2v) is 4.45. The number of primary amides is 1. The summed E-state index contributed by atoms with van der Waals surface area (Å²) in [6.45, 7) is 0. The minimum atomic E-state index is -4.82. The summed E-state index contributed by atoms with van der Waals surface area (Å²) in [6.07, 6.45) is -3.36. The van der Waals surface area contributed by atoms with Crippen LogP contribution in [0.3, 0.4) is 0 Å². The number of nitro benzene ring substituents is 1. The highest BCUT2D eigenvalue weighted by atomic mass is 19.4. The molecule has 1 aliphatic rings. The molecule has 0 aliphatic heterocycles. The standard InChI is InChI=1S/C11H10F3N3O3/c12-11(13,14)7-4-8(16-5-1-2-5)9(17(19)20)3-6(7)10(15)18/h3-5,16H,1-2H2,(H2,15,18). The van der Waals surface area contributed by atoms with Crippen LogP contribution in [0.1, 0.15) is 28.8 Å². The highest BCUT2D eigenvalue weighted by Gasteiger charge is 2.38. The topological polar surface area (TPSA) is 98.3 Å². The average molecular weight is 289 g/mol. The van der Waals surface area contributed by atoms with Crippen LogP contribution in [0.15, 0.2) is 12.1 Å². The van der Waals surface area contributed by atoms with Gasteiger partial charge in [0, 0.05) is 12.1 Å². The molecule has 0 saturated heterocycles. The third-order valence-corrected chi connectivity index (χ3v) is 2.84. The van der Waals surface area contributed by atoms with E-state index in [0.29, 0.717) is 12.1 Å². The second-order valence-electron chi connectivity index (χ2n) is 4.45. The fourth-order valence-electron chi connectivity index (χ4n) is 1.74. The molecule has 1 aromatic carbocycles. The van der Waals surface area contributed by atoms with Crippen molar-refractivity contribution in [2.75, 3.05) is 5.32 Å². The number of halogens is 3. The van der Waals surface area contributed by atoms with E-state index in [0.717, 1.165) is 12.8 Å². The summed E-state index contributed by atoms with van der Waals surface area (Å²) < 4.78 is 38.6. The van der Waals surface area contributed by atoms with Crippen LogP contribution in [0.4, 0.5) is 24.5 Å². The molecule has 0 spiro atoms. The summed E-state index contributed by atoms with van der Waals surface area (Å²) in [5, 5.41) is 13.5. The number of carbonyl (C=O) groups excluding carboxylic acids is 1. The third kappa shape index (κ3) is 2.81. The minimum Gasteiger partial charge on any atom is -0.377 e. The van der Waals surface area contributed by atoms with Gasteiger partial charge in [0.25, 0.3) is 5.69 Å². The predicted octanol–water partition coefficient (Wildman–Crippen LogP) is 2.29. The molecule has 0 heterocycles. The maximum atomic E-state index is 12.9. The molecule has 1 saturated carbocycles. The predicted molar refractivity (Wildman–Crippen MR) is 63.3 cm³/mol. The van der Waals surface area contributed by atoms with Gasteiger partial charge >= 0.3 is 6.18 Å². The van der Waals surface area contributed by atoms with Crippen molar-refractivity contribution in [2.24, 2.45) is 5.73 Å². The number of hydrogen-bond acceptors (Lipinski definition) is 4. The Morgan fingerprint density at radius 3 is 2.40 bits per heavy atom. The molecule has 0 radical (unpaired) electrons. The molecule has 6 nitrogen and oxygen atoms in total. The normalized spacial score (nSPS) is 14.9. The molecule has 1 fully saturated rings. The lowest BCUT2D eigenvalue weighted by molar-refractivity contribution is -0.384. The molecule has 0 bridgehead atoms. The largest absolute Gasteiger partial charge is 0.417 e. The molecule has 0 unspecified atom stereocenters. The second kappa shape index (κ2) is 4.66. The van der Waals surface area contributed by atoms with Gasteiger partial charge in [0.15, 0.2) is 0 Å². The van der Waals surface area contributed by atoms with Crippen LogP contribution in [0.2, 0.25) is 0 Å². The van der Waals surface area contributed by atoms with Gasteiger partial charge in [-0.3, -0.25) is 14.9 Å². The van der Waals surface area contributed by atoms with E-state index in [-0.39, 0.29) is 11.7 Å². The first-order valence-electron chi connectivity index (χ1n) is 5.66. The number of amides is 1. The summed E-state index contributed by atoms with van der Waals surface area (Å²) in [6, 6.07) is 1.06. The van der Waals surface area contributed by atoms with Crippen molar-refractivity contribution in [3.05, 3.63) is 33.4 Å². The number of nitrogens with zero attached hydrogens (tertiary/aromatic N) is 1. The Hall–Kier alpha value is -2.32. The highest BCUT2D eigenvalue weighted by molar-refractivity contribution is 5.96. The molecule has 1 aliphatic carbocycles. The lowest BCUT2D eigenvalue weighted by atomic mass is 10.0. The maximum absolute atomic E-state index is 12.9. The number of alkyl halides is 3. The molecule has 1 amide bonds. The van der Waals surface area contributed by atoms with Gasteiger partial charge in [-0.25, -0.2) is 0 Å². The first kappa shape index (κ1) is 14.1. The van der Waals surface area contributed by atoms with Gasteiger partial charge in [0.2, 0.25) is 5.91 Å². The van der Waals surface area contributed by atoms with Crippen LogP contribution in [0.5, 0.6) is 0 Å². The van der Waals surface area contributed by atoms with Crippen LogP contribution >= 0.6 is 0 Å². The molecular formula is C11H10F3N3O3. The molecule has 1 aromatic rings. The molecule has 2 rings (SSSR count). The molecule has 0 atom stereocenters. The van der Waals surface area contributed by atoms with Crippen LogP contribution in [-0.4, -0.2) is 16.9 Å². The van der Waals surface area contributed by atoms with Gasteiger partial charge in [-0.2, -0.15) is 13.2 Å². The highest BCUT2D eigenvalue weighted by Crippen LogP contribution is 2.39. The van der Waals surface area contributed by atoms with E-state index in [2.05, 4.69) is 5.32 Å². The Bertz CT molecular complexity index is 582. The maximum Gasteiger partial charge on any atom is 0.417 e. The Morgan fingerprint density at radius 1 is 1.40 bits per heavy atom. The van der Waals surface area contributed by atoms with Crippen molar-refractivity contribution in [1.82, 2.24) is 0 Å². The third-order valence-electron chi connectivity index (χ3n) is 2.84. The SMILES string of the molecule is NC(=O)c1cc([N+](=O)[O-])c(NC2CC2)cc1C(F)(F)F. The number of hydrogen-bond donors (Lipinski definition) is 2. The van der Waals surface area contributed by atoms with Crippen LogP contribution in [0, 0.1) is 10.1 Å². The summed E-state index contributed by atoms with van der Waals surface area (Å²) in [7, 11) is 0. The van der Waals surface area contributed by atoms with E-state index in [4.69, 9.17) is 5.73 Å². The average Bonchev–Trinajstić information content (AvgIpc) is 3.10. The van der Waals surface area contributed by atoms with E-state index in [1.165, 1.54) is 0 Å². The molecular weight excluding hydrogens is 279 g/mol. The monoisotopic (exact) mass is 289 g/mol. The quantitative estimate of drug-likeness (QED) is 0.656. The summed E-state index contributed by atoms with van der Waals surface area (Å²) in [5.74, 6) is -1.36. The van der Waals surface area contributed by atoms with E-state index in [1.807, 2.05) is 0 Å². The summed E-state index contributed by atoms with van der Waals surface area (Å²) >= 11 is 0. The number of benzene rings is 1. The zero-order valence-electron chi connectivity index (χ0n) is 10.0. The van der Waals surface area contributed by atoms with Crippen molar-refractivity contribution in [2.45, 2.75) is 25.1 Å². The zero-order chi connectivity index (χ0) is 15.1.